The van der Waals surface area contributed by atoms with Gasteiger partial charge in [-0.1, -0.05) is 196 Å². The Bertz CT molecular complexity index is 1650. The molecule has 0 radical (unpaired) electrons. The van der Waals surface area contributed by atoms with E-state index in [-0.39, 0.29) is 0 Å². The number of hydrogen-bond donors (Lipinski definition) is 0. The van der Waals surface area contributed by atoms with Crippen molar-refractivity contribution in [2.45, 2.75) is 31.6 Å². The fourth-order valence-electron chi connectivity index (χ4n) is 6.92. The van der Waals surface area contributed by atoms with Crippen molar-refractivity contribution in [1.82, 2.24) is 4.90 Å². The van der Waals surface area contributed by atoms with Crippen molar-refractivity contribution in [1.29, 1.82) is 0 Å². The molecule has 6 rings (SSSR count). The largest absolute Gasteiger partial charge is 0.302 e. The van der Waals surface area contributed by atoms with E-state index in [9.17, 15) is 0 Å². The van der Waals surface area contributed by atoms with Gasteiger partial charge in [0.1, 0.15) is 0 Å². The monoisotopic (exact) mass is 695 g/mol. The zero-order valence-electron chi connectivity index (χ0n) is 28.8. The molecule has 4 heteroatoms. The summed E-state index contributed by atoms with van der Waals surface area (Å²) in [4.78, 5) is 2.83. The predicted octanol–water partition coefficient (Wildman–Crippen LogP) is 8.85. The summed E-state index contributed by atoms with van der Waals surface area (Å²) in [6.07, 6.45) is 2.30. The Morgan fingerprint density at radius 3 is 1.10 bits per heavy atom. The minimum atomic E-state index is -0.619. The van der Waals surface area contributed by atoms with Crippen LogP contribution in [-0.2, 0) is 0 Å². The molecule has 1 nitrogen and oxygen atoms in total. The van der Waals surface area contributed by atoms with E-state index in [0.29, 0.717) is 11.3 Å². The van der Waals surface area contributed by atoms with Crippen LogP contribution in [0.2, 0.25) is 0 Å². The third-order valence-electron chi connectivity index (χ3n) is 9.00. The summed E-state index contributed by atoms with van der Waals surface area (Å²) in [5.74, 6) is 0. The summed E-state index contributed by atoms with van der Waals surface area (Å²) in [7, 11) is -1.68. The maximum absolute atomic E-state index is 2.83. The van der Waals surface area contributed by atoms with Gasteiger partial charge >= 0.3 is 0 Å². The topological polar surface area (TPSA) is 3.24 Å². The number of nitrogens with zero attached hydrogens (tertiary/aromatic N) is 1. The van der Waals surface area contributed by atoms with Gasteiger partial charge in [-0.3, -0.25) is 0 Å². The van der Waals surface area contributed by atoms with E-state index in [1.165, 1.54) is 31.8 Å². The van der Waals surface area contributed by atoms with Crippen molar-refractivity contribution in [3.63, 3.8) is 0 Å². The zero-order valence-corrected chi connectivity index (χ0v) is 31.5. The van der Waals surface area contributed by atoms with E-state index in [2.05, 4.69) is 201 Å². The van der Waals surface area contributed by atoms with Crippen LogP contribution < -0.4 is 31.8 Å². The van der Waals surface area contributed by atoms with Crippen LogP contribution >= 0.6 is 23.8 Å². The van der Waals surface area contributed by atoms with Crippen LogP contribution in [0.25, 0.3) is 0 Å². The molecule has 0 amide bonds. The second-order valence-corrected chi connectivity index (χ2v) is 20.0. The van der Waals surface area contributed by atoms with Crippen molar-refractivity contribution < 1.29 is 0 Å². The molecule has 0 bridgehead atoms. The molecule has 0 aromatic heterocycles. The first-order valence-electron chi connectivity index (χ1n) is 17.6. The van der Waals surface area contributed by atoms with E-state index in [0.717, 1.165) is 32.2 Å². The van der Waals surface area contributed by atoms with E-state index in [4.69, 9.17) is 0 Å². The van der Waals surface area contributed by atoms with Crippen LogP contribution in [0.5, 0.6) is 0 Å². The van der Waals surface area contributed by atoms with E-state index in [1.54, 1.807) is 0 Å². The Kier molecular flexibility index (Phi) is 13.4. The Hall–Kier alpha value is -3.43. The van der Waals surface area contributed by atoms with Crippen LogP contribution in [0.3, 0.4) is 0 Å². The molecular weight excluding hydrogens is 647 g/mol. The molecule has 0 aliphatic rings. The number of rotatable bonds is 16. The van der Waals surface area contributed by atoms with Gasteiger partial charge in [0.15, 0.2) is 0 Å². The summed E-state index contributed by atoms with van der Waals surface area (Å²) in [5.41, 5.74) is 0.987. The molecule has 0 saturated heterocycles. The molecular formula is C45H48NP3. The first-order valence-corrected chi connectivity index (χ1v) is 21.9. The lowest BCUT2D eigenvalue weighted by atomic mass is 10.3. The van der Waals surface area contributed by atoms with Gasteiger partial charge in [-0.2, -0.15) is 0 Å². The predicted molar refractivity (Wildman–Crippen MR) is 222 cm³/mol. The van der Waals surface area contributed by atoms with Crippen molar-refractivity contribution in [2.75, 3.05) is 25.8 Å². The maximum atomic E-state index is 2.83. The molecule has 0 aliphatic carbocycles. The van der Waals surface area contributed by atoms with Gasteiger partial charge in [0.25, 0.3) is 0 Å². The minimum absolute atomic E-state index is 0.477. The second-order valence-electron chi connectivity index (χ2n) is 12.6. The first kappa shape index (κ1) is 35.4. The standard InChI is InChI=1S/C45H48NP3/c1-3-34-46(35-38(2)48(41-26-14-6-15-27-41)42-28-16-7-17-29-42)36-45(49(43-30-18-8-19-31-43)44-32-20-9-21-33-44)37-47(39-22-10-4-11-23-39)40-24-12-5-13-25-40/h4-33,38,45H,3,34-37H2,1-2H3. The van der Waals surface area contributed by atoms with Crippen molar-refractivity contribution in [2.24, 2.45) is 0 Å². The van der Waals surface area contributed by atoms with Gasteiger partial charge in [-0.15, -0.1) is 0 Å². The first-order chi connectivity index (χ1) is 24.2. The van der Waals surface area contributed by atoms with Crippen LogP contribution in [0.1, 0.15) is 20.3 Å². The number of hydrogen-bond acceptors (Lipinski definition) is 1. The molecule has 0 saturated carbocycles. The lowest BCUT2D eigenvalue weighted by Crippen LogP contribution is -2.42. The quantitative estimate of drug-likeness (QED) is 0.0916. The third-order valence-corrected chi connectivity index (χ3v) is 17.5. The Morgan fingerprint density at radius 2 is 0.755 bits per heavy atom. The van der Waals surface area contributed by atoms with Crippen LogP contribution in [0.15, 0.2) is 182 Å². The highest BCUT2D eigenvalue weighted by Gasteiger charge is 2.32. The third kappa shape index (κ3) is 9.63. The zero-order chi connectivity index (χ0) is 33.7. The van der Waals surface area contributed by atoms with Gasteiger partial charge < -0.3 is 4.90 Å². The summed E-state index contributed by atoms with van der Waals surface area (Å²) < 4.78 is 0. The smallest absolute Gasteiger partial charge is 0.00590 e. The van der Waals surface area contributed by atoms with Crippen molar-refractivity contribution in [3.8, 4) is 0 Å². The lowest BCUT2D eigenvalue weighted by molar-refractivity contribution is 0.281. The Balaban J connectivity index is 1.40. The summed E-state index contributed by atoms with van der Waals surface area (Å²) in [5, 5.41) is 8.83. The van der Waals surface area contributed by atoms with Gasteiger partial charge in [0.2, 0.25) is 0 Å². The van der Waals surface area contributed by atoms with E-state index < -0.39 is 23.8 Å². The Morgan fingerprint density at radius 1 is 0.429 bits per heavy atom. The van der Waals surface area contributed by atoms with Crippen LogP contribution in [0.4, 0.5) is 0 Å². The molecule has 0 heterocycles. The van der Waals surface area contributed by atoms with E-state index in [1.807, 2.05) is 0 Å². The lowest BCUT2D eigenvalue weighted by Gasteiger charge is -2.38. The molecule has 2 unspecified atom stereocenters. The molecule has 2 atom stereocenters. The molecule has 0 N–H and O–H groups in total. The molecule has 0 fully saturated rings. The van der Waals surface area contributed by atoms with E-state index >= 15 is 0 Å². The van der Waals surface area contributed by atoms with Gasteiger partial charge in [-0.25, -0.2) is 0 Å². The maximum Gasteiger partial charge on any atom is 0.00590 e. The SMILES string of the molecule is CCCN(CC(C)P(c1ccccc1)c1ccccc1)CC(CP(c1ccccc1)c1ccccc1)P(c1ccccc1)c1ccccc1. The molecule has 6 aromatic carbocycles. The van der Waals surface area contributed by atoms with Crippen LogP contribution in [-0.4, -0.2) is 42.0 Å². The highest BCUT2D eigenvalue weighted by molar-refractivity contribution is 7.77. The average molecular weight is 696 g/mol. The molecule has 6 aromatic rings. The van der Waals surface area contributed by atoms with Crippen molar-refractivity contribution in [3.05, 3.63) is 182 Å². The average Bonchev–Trinajstić information content (AvgIpc) is 3.16. The molecule has 248 valence electrons. The van der Waals surface area contributed by atoms with Gasteiger partial charge in [0, 0.05) is 18.7 Å². The summed E-state index contributed by atoms with van der Waals surface area (Å²) in [6, 6.07) is 68.0. The minimum Gasteiger partial charge on any atom is -0.302 e. The second kappa shape index (κ2) is 18.5. The highest BCUT2D eigenvalue weighted by atomic mass is 31.1. The summed E-state index contributed by atoms with van der Waals surface area (Å²) in [6.45, 7) is 8.12. The molecule has 0 spiro atoms. The van der Waals surface area contributed by atoms with Gasteiger partial charge in [-0.05, 0) is 80.4 Å². The van der Waals surface area contributed by atoms with Gasteiger partial charge in [0.05, 0.1) is 0 Å². The molecule has 49 heavy (non-hydrogen) atoms. The molecule has 0 aliphatic heterocycles. The van der Waals surface area contributed by atoms with Crippen molar-refractivity contribution >= 4 is 55.6 Å². The number of benzene rings is 6. The van der Waals surface area contributed by atoms with Crippen LogP contribution in [0, 0.1) is 0 Å². The fraction of sp³-hybridized carbons (Fsp3) is 0.200. The normalized spacial score (nSPS) is 12.9. The summed E-state index contributed by atoms with van der Waals surface area (Å²) >= 11 is 0. The highest BCUT2D eigenvalue weighted by Crippen LogP contribution is 2.47. The Labute approximate surface area is 298 Å². The fourth-order valence-corrected chi connectivity index (χ4v) is 15.6.